The van der Waals surface area contributed by atoms with Crippen LogP contribution in [-0.4, -0.2) is 37.2 Å². The van der Waals surface area contributed by atoms with Gasteiger partial charge in [-0.25, -0.2) is 0 Å². The van der Waals surface area contributed by atoms with Crippen LogP contribution in [0.25, 0.3) is 0 Å². The maximum absolute atomic E-state index is 12.8. The van der Waals surface area contributed by atoms with Crippen molar-refractivity contribution in [2.75, 3.05) is 13.2 Å². The predicted molar refractivity (Wildman–Crippen MR) is 288 cm³/mol. The van der Waals surface area contributed by atoms with Gasteiger partial charge in [-0.15, -0.1) is 0 Å². The number of carbonyl (C=O) groups excluding carboxylic acids is 3. The van der Waals surface area contributed by atoms with Gasteiger partial charge in [-0.05, 0) is 122 Å². The molecule has 0 N–H and O–H groups in total. The van der Waals surface area contributed by atoms with E-state index in [0.29, 0.717) is 19.3 Å². The zero-order valence-electron chi connectivity index (χ0n) is 43.6. The Balaban J connectivity index is 4.48. The largest absolute Gasteiger partial charge is 0.462 e. The van der Waals surface area contributed by atoms with Crippen LogP contribution in [0.15, 0.2) is 97.2 Å². The zero-order valence-corrected chi connectivity index (χ0v) is 43.6. The van der Waals surface area contributed by atoms with Crippen LogP contribution >= 0.6 is 0 Å². The molecule has 0 saturated carbocycles. The summed E-state index contributed by atoms with van der Waals surface area (Å²) in [6, 6.07) is 0. The van der Waals surface area contributed by atoms with E-state index in [1.807, 2.05) is 0 Å². The lowest BCUT2D eigenvalue weighted by molar-refractivity contribution is -0.167. The van der Waals surface area contributed by atoms with Crippen molar-refractivity contribution >= 4 is 17.9 Å². The third-order valence-electron chi connectivity index (χ3n) is 11.5. The van der Waals surface area contributed by atoms with E-state index >= 15 is 0 Å². The molecule has 0 fully saturated rings. The normalized spacial score (nSPS) is 12.8. The molecule has 0 aliphatic carbocycles. The second-order valence-corrected chi connectivity index (χ2v) is 18.1. The number of unbranched alkanes of at least 4 members (excludes halogenated alkanes) is 22. The van der Waals surface area contributed by atoms with E-state index in [9.17, 15) is 14.4 Å². The number of rotatable bonds is 49. The van der Waals surface area contributed by atoms with Gasteiger partial charge >= 0.3 is 17.9 Å². The van der Waals surface area contributed by atoms with Gasteiger partial charge in [-0.3, -0.25) is 14.4 Å². The molecule has 382 valence electrons. The lowest BCUT2D eigenvalue weighted by Gasteiger charge is -2.18. The lowest BCUT2D eigenvalue weighted by atomic mass is 10.1. The molecule has 0 radical (unpaired) electrons. The quantitative estimate of drug-likeness (QED) is 0.0262. The molecule has 1 unspecified atom stereocenters. The molecule has 0 saturated heterocycles. The minimum Gasteiger partial charge on any atom is -0.462 e. The highest BCUT2D eigenvalue weighted by Crippen LogP contribution is 2.13. The van der Waals surface area contributed by atoms with Gasteiger partial charge in [0.05, 0.1) is 0 Å². The van der Waals surface area contributed by atoms with Gasteiger partial charge in [-0.2, -0.15) is 0 Å². The number of ether oxygens (including phenoxy) is 3. The van der Waals surface area contributed by atoms with Crippen LogP contribution < -0.4 is 0 Å². The van der Waals surface area contributed by atoms with Crippen LogP contribution in [0, 0.1) is 0 Å². The summed E-state index contributed by atoms with van der Waals surface area (Å²) in [5.41, 5.74) is 0. The summed E-state index contributed by atoms with van der Waals surface area (Å²) < 4.78 is 16.8. The SMILES string of the molecule is CC/C=C\C/C=C\C/C=C\C/C=C\C/C=C\C/C=C\CCCCC(=O)OCC(COC(=O)CCCCCCC/C=C\CCCCCCC)OC(=O)CCCCCCC/C=C\CCCCCCC. The highest BCUT2D eigenvalue weighted by molar-refractivity contribution is 5.71. The molecular formula is C61H102O6. The Morgan fingerprint density at radius 3 is 0.955 bits per heavy atom. The van der Waals surface area contributed by atoms with Gasteiger partial charge in [0, 0.05) is 19.3 Å². The Morgan fingerprint density at radius 2 is 0.582 bits per heavy atom. The van der Waals surface area contributed by atoms with Crippen molar-refractivity contribution in [3.05, 3.63) is 97.2 Å². The first-order valence-corrected chi connectivity index (χ1v) is 27.7. The van der Waals surface area contributed by atoms with Gasteiger partial charge in [-0.1, -0.05) is 208 Å². The molecule has 0 spiro atoms. The van der Waals surface area contributed by atoms with Crippen molar-refractivity contribution in [2.45, 2.75) is 258 Å². The third-order valence-corrected chi connectivity index (χ3v) is 11.5. The smallest absolute Gasteiger partial charge is 0.306 e. The van der Waals surface area contributed by atoms with Crippen molar-refractivity contribution in [2.24, 2.45) is 0 Å². The summed E-state index contributed by atoms with van der Waals surface area (Å²) in [6.07, 6.45) is 72.5. The molecule has 6 heteroatoms. The molecule has 67 heavy (non-hydrogen) atoms. The van der Waals surface area contributed by atoms with Crippen LogP contribution in [0.1, 0.15) is 252 Å². The molecule has 0 aromatic rings. The summed E-state index contributed by atoms with van der Waals surface area (Å²) in [6.45, 7) is 6.45. The average molecular weight is 931 g/mol. The maximum Gasteiger partial charge on any atom is 0.306 e. The molecule has 1 atom stereocenters. The molecule has 0 aliphatic rings. The highest BCUT2D eigenvalue weighted by Gasteiger charge is 2.19. The third kappa shape index (κ3) is 53.2. The first-order chi connectivity index (χ1) is 33.0. The standard InChI is InChI=1S/C61H102O6/c1-4-7-10-13-16-19-22-25-28-29-30-31-32-33-34-37-39-42-45-48-51-54-60(63)66-57-58(67-61(64)55-52-49-46-43-40-36-27-24-21-18-15-12-9-6-3)56-65-59(62)53-50-47-44-41-38-35-26-23-20-17-14-11-8-5-2/h7,10,16,19,23-28,30-31,33-34,39,42,58H,4-6,8-9,11-15,17-18,20-22,29,32,35-38,40-41,43-57H2,1-3H3/b10-7-,19-16-,26-23-,27-24-,28-25-,31-30-,34-33-,42-39-. The monoisotopic (exact) mass is 931 g/mol. The molecule has 0 bridgehead atoms. The Hall–Kier alpha value is -3.67. The number of carbonyl (C=O) groups is 3. The van der Waals surface area contributed by atoms with Crippen LogP contribution in [0.2, 0.25) is 0 Å². The maximum atomic E-state index is 12.8. The summed E-state index contributed by atoms with van der Waals surface area (Å²) in [4.78, 5) is 38.1. The van der Waals surface area contributed by atoms with E-state index in [2.05, 4.69) is 118 Å². The predicted octanol–water partition coefficient (Wildman–Crippen LogP) is 18.5. The average Bonchev–Trinajstić information content (AvgIpc) is 3.33. The molecule has 0 aromatic heterocycles. The Morgan fingerprint density at radius 1 is 0.313 bits per heavy atom. The van der Waals surface area contributed by atoms with Gasteiger partial charge in [0.25, 0.3) is 0 Å². The molecular weight excluding hydrogens is 829 g/mol. The Kier molecular flexibility index (Phi) is 51.9. The van der Waals surface area contributed by atoms with Crippen LogP contribution in [0.5, 0.6) is 0 Å². The summed E-state index contributed by atoms with van der Waals surface area (Å²) in [5, 5.41) is 0. The van der Waals surface area contributed by atoms with Gasteiger partial charge in [0.15, 0.2) is 6.10 Å². The molecule has 0 amide bonds. The van der Waals surface area contributed by atoms with E-state index in [-0.39, 0.29) is 31.1 Å². The van der Waals surface area contributed by atoms with Crippen LogP contribution in [-0.2, 0) is 28.6 Å². The van der Waals surface area contributed by atoms with E-state index in [0.717, 1.165) is 116 Å². The summed E-state index contributed by atoms with van der Waals surface area (Å²) >= 11 is 0. The van der Waals surface area contributed by atoms with E-state index in [4.69, 9.17) is 14.2 Å². The van der Waals surface area contributed by atoms with Gasteiger partial charge in [0.2, 0.25) is 0 Å². The fourth-order valence-corrected chi connectivity index (χ4v) is 7.37. The number of hydrogen-bond acceptors (Lipinski definition) is 6. The summed E-state index contributed by atoms with van der Waals surface area (Å²) in [5.74, 6) is -0.961. The first-order valence-electron chi connectivity index (χ1n) is 27.7. The van der Waals surface area contributed by atoms with Gasteiger partial charge < -0.3 is 14.2 Å². The molecule has 0 heterocycles. The molecule has 6 nitrogen and oxygen atoms in total. The van der Waals surface area contributed by atoms with Crippen LogP contribution in [0.4, 0.5) is 0 Å². The van der Waals surface area contributed by atoms with Crippen molar-refractivity contribution in [3.8, 4) is 0 Å². The summed E-state index contributed by atoms with van der Waals surface area (Å²) in [7, 11) is 0. The topological polar surface area (TPSA) is 78.9 Å². The van der Waals surface area contributed by atoms with E-state index in [1.165, 1.54) is 96.3 Å². The van der Waals surface area contributed by atoms with Gasteiger partial charge in [0.1, 0.15) is 13.2 Å². The number of allylic oxidation sites excluding steroid dienone is 16. The number of esters is 3. The minimum atomic E-state index is -0.804. The molecule has 0 rings (SSSR count). The van der Waals surface area contributed by atoms with E-state index < -0.39 is 6.10 Å². The fourth-order valence-electron chi connectivity index (χ4n) is 7.37. The Labute approximate surface area is 413 Å². The zero-order chi connectivity index (χ0) is 48.6. The van der Waals surface area contributed by atoms with Crippen LogP contribution in [0.3, 0.4) is 0 Å². The first kappa shape index (κ1) is 63.3. The highest BCUT2D eigenvalue weighted by atomic mass is 16.6. The number of hydrogen-bond donors (Lipinski definition) is 0. The second-order valence-electron chi connectivity index (χ2n) is 18.1. The Bertz CT molecular complexity index is 1350. The minimum absolute atomic E-state index is 0.0995. The molecule has 0 aliphatic heterocycles. The lowest BCUT2D eigenvalue weighted by Crippen LogP contribution is -2.30. The fraction of sp³-hybridized carbons (Fsp3) is 0.689. The van der Waals surface area contributed by atoms with Crippen molar-refractivity contribution < 1.29 is 28.6 Å². The van der Waals surface area contributed by atoms with Crippen molar-refractivity contribution in [3.63, 3.8) is 0 Å². The second kappa shape index (κ2) is 54.9. The van der Waals surface area contributed by atoms with Crippen molar-refractivity contribution in [1.29, 1.82) is 0 Å². The molecule has 0 aromatic carbocycles. The van der Waals surface area contributed by atoms with Crippen molar-refractivity contribution in [1.82, 2.24) is 0 Å². The van der Waals surface area contributed by atoms with E-state index in [1.54, 1.807) is 0 Å².